The number of esters is 1. The van der Waals surface area contributed by atoms with Crippen molar-refractivity contribution in [2.75, 3.05) is 7.11 Å². The Hall–Kier alpha value is -0.570. The number of nitrogens with one attached hydrogen (secondary N) is 1. The number of carbonyl (C=O) groups is 1. The van der Waals surface area contributed by atoms with Crippen molar-refractivity contribution in [1.82, 2.24) is 5.32 Å². The minimum Gasteiger partial charge on any atom is -0.469 e. The summed E-state index contributed by atoms with van der Waals surface area (Å²) in [7, 11) is 1.48. The highest BCUT2D eigenvalue weighted by molar-refractivity contribution is 5.73. The lowest BCUT2D eigenvalue weighted by Gasteiger charge is -2.27. The number of hydrogen-bond donors (Lipinski definition) is 1. The molecule has 2 aliphatic rings. The summed E-state index contributed by atoms with van der Waals surface area (Å²) in [4.78, 5) is 11.3. The second kappa shape index (κ2) is 3.05. The summed E-state index contributed by atoms with van der Waals surface area (Å²) in [6, 6.07) is 1.08. The minimum absolute atomic E-state index is 0.0344. The molecule has 0 saturated carbocycles. The smallest absolute Gasteiger partial charge is 0.310 e. The highest BCUT2D eigenvalue weighted by Crippen LogP contribution is 2.31. The van der Waals surface area contributed by atoms with Crippen molar-refractivity contribution in [3.05, 3.63) is 0 Å². The molecule has 1 N–H and O–H groups in total. The molecule has 68 valence electrons. The lowest BCUT2D eigenvalue weighted by Crippen LogP contribution is -2.43. The minimum atomic E-state index is -0.0344. The Kier molecular flexibility index (Phi) is 2.05. The molecule has 3 heteroatoms. The molecule has 2 fully saturated rings. The topological polar surface area (TPSA) is 38.3 Å². The Bertz CT molecular complexity index is 193. The van der Waals surface area contributed by atoms with Crippen LogP contribution in [-0.2, 0) is 9.53 Å². The molecule has 0 aliphatic carbocycles. The number of rotatable bonds is 1. The summed E-state index contributed by atoms with van der Waals surface area (Å²) in [6.07, 6.45) is 4.52. The zero-order valence-electron chi connectivity index (χ0n) is 7.38. The van der Waals surface area contributed by atoms with Gasteiger partial charge >= 0.3 is 5.97 Å². The second-order valence-electron chi connectivity index (χ2n) is 3.75. The van der Waals surface area contributed by atoms with Gasteiger partial charge in [-0.25, -0.2) is 0 Å². The zero-order valence-corrected chi connectivity index (χ0v) is 7.38. The number of carbonyl (C=O) groups excluding carboxylic acids is 1. The number of piperidine rings is 1. The summed E-state index contributed by atoms with van der Waals surface area (Å²) in [6.45, 7) is 0. The van der Waals surface area contributed by atoms with Crippen LogP contribution in [0.15, 0.2) is 0 Å². The molecule has 0 spiro atoms. The molecule has 12 heavy (non-hydrogen) atoms. The lowest BCUT2D eigenvalue weighted by atomic mass is 9.92. The van der Waals surface area contributed by atoms with E-state index in [1.807, 2.05) is 0 Å². The van der Waals surface area contributed by atoms with Gasteiger partial charge < -0.3 is 10.1 Å². The van der Waals surface area contributed by atoms with Crippen molar-refractivity contribution >= 4 is 5.97 Å². The first-order valence-electron chi connectivity index (χ1n) is 4.65. The Morgan fingerprint density at radius 2 is 2.08 bits per heavy atom. The van der Waals surface area contributed by atoms with E-state index in [2.05, 4.69) is 5.32 Å². The van der Waals surface area contributed by atoms with Gasteiger partial charge in [0.05, 0.1) is 13.0 Å². The number of ether oxygens (including phenoxy) is 1. The van der Waals surface area contributed by atoms with Crippen molar-refractivity contribution in [1.29, 1.82) is 0 Å². The fourth-order valence-corrected chi connectivity index (χ4v) is 2.41. The molecular formula is C9H15NO2. The van der Waals surface area contributed by atoms with Crippen LogP contribution in [0.2, 0.25) is 0 Å². The fraction of sp³-hybridized carbons (Fsp3) is 0.889. The van der Waals surface area contributed by atoms with Gasteiger partial charge in [0.15, 0.2) is 0 Å². The highest BCUT2D eigenvalue weighted by Gasteiger charge is 2.39. The van der Waals surface area contributed by atoms with Crippen LogP contribution in [0.1, 0.15) is 25.7 Å². The van der Waals surface area contributed by atoms with Crippen LogP contribution >= 0.6 is 0 Å². The van der Waals surface area contributed by atoms with Gasteiger partial charge in [-0.2, -0.15) is 0 Å². The Morgan fingerprint density at radius 3 is 2.83 bits per heavy atom. The average Bonchev–Trinajstić information content (AvgIpc) is 2.47. The van der Waals surface area contributed by atoms with Gasteiger partial charge in [0.2, 0.25) is 0 Å². The van der Waals surface area contributed by atoms with E-state index >= 15 is 0 Å². The van der Waals surface area contributed by atoms with Crippen LogP contribution in [0.4, 0.5) is 0 Å². The van der Waals surface area contributed by atoms with E-state index in [0.717, 1.165) is 19.3 Å². The van der Waals surface area contributed by atoms with Crippen molar-refractivity contribution < 1.29 is 9.53 Å². The van der Waals surface area contributed by atoms with Gasteiger partial charge in [0.25, 0.3) is 0 Å². The molecule has 1 unspecified atom stereocenters. The Balaban J connectivity index is 2.02. The van der Waals surface area contributed by atoms with Crippen molar-refractivity contribution in [2.24, 2.45) is 5.92 Å². The molecule has 0 aromatic carbocycles. The van der Waals surface area contributed by atoms with Crippen LogP contribution in [0.25, 0.3) is 0 Å². The fourth-order valence-electron chi connectivity index (χ4n) is 2.41. The maximum Gasteiger partial charge on any atom is 0.310 e. The molecule has 2 saturated heterocycles. The van der Waals surface area contributed by atoms with Gasteiger partial charge in [-0.05, 0) is 25.7 Å². The molecule has 0 aromatic heterocycles. The van der Waals surface area contributed by atoms with Gasteiger partial charge in [-0.1, -0.05) is 0 Å². The largest absolute Gasteiger partial charge is 0.469 e. The van der Waals surface area contributed by atoms with Crippen LogP contribution in [0, 0.1) is 5.92 Å². The summed E-state index contributed by atoms with van der Waals surface area (Å²) in [5, 5.41) is 3.45. The third-order valence-corrected chi connectivity index (χ3v) is 3.09. The third-order valence-electron chi connectivity index (χ3n) is 3.09. The maximum absolute atomic E-state index is 11.3. The monoisotopic (exact) mass is 169 g/mol. The van der Waals surface area contributed by atoms with E-state index in [1.54, 1.807) is 0 Å². The van der Waals surface area contributed by atoms with Crippen LogP contribution < -0.4 is 5.32 Å². The van der Waals surface area contributed by atoms with Crippen molar-refractivity contribution in [2.45, 2.75) is 37.8 Å². The predicted octanol–water partition coefficient (Wildman–Crippen LogP) is 0.690. The van der Waals surface area contributed by atoms with Gasteiger partial charge in [-0.3, -0.25) is 4.79 Å². The number of fused-ring (bicyclic) bond motifs is 2. The molecule has 2 rings (SSSR count). The van der Waals surface area contributed by atoms with Gasteiger partial charge in [-0.15, -0.1) is 0 Å². The number of methoxy groups -OCH3 is 1. The van der Waals surface area contributed by atoms with E-state index < -0.39 is 0 Å². The maximum atomic E-state index is 11.3. The van der Waals surface area contributed by atoms with Crippen molar-refractivity contribution in [3.63, 3.8) is 0 Å². The second-order valence-corrected chi connectivity index (χ2v) is 3.75. The Labute approximate surface area is 72.5 Å². The molecule has 0 aromatic rings. The summed E-state index contributed by atoms with van der Waals surface area (Å²) in [5.74, 6) is 0.0848. The van der Waals surface area contributed by atoms with Crippen LogP contribution in [0.3, 0.4) is 0 Å². The first-order valence-corrected chi connectivity index (χ1v) is 4.65. The first kappa shape index (κ1) is 8.05. The molecule has 3 nitrogen and oxygen atoms in total. The molecule has 2 aliphatic heterocycles. The predicted molar refractivity (Wildman–Crippen MR) is 44.7 cm³/mol. The summed E-state index contributed by atoms with van der Waals surface area (Å²) < 4.78 is 4.76. The quantitative estimate of drug-likeness (QED) is 0.587. The molecular weight excluding hydrogens is 154 g/mol. The molecule has 2 bridgehead atoms. The molecule has 2 heterocycles. The molecule has 3 atom stereocenters. The van der Waals surface area contributed by atoms with E-state index in [0.29, 0.717) is 12.1 Å². The highest BCUT2D eigenvalue weighted by atomic mass is 16.5. The average molecular weight is 169 g/mol. The van der Waals surface area contributed by atoms with E-state index in [4.69, 9.17) is 4.74 Å². The van der Waals surface area contributed by atoms with Crippen LogP contribution in [0.5, 0.6) is 0 Å². The van der Waals surface area contributed by atoms with E-state index in [1.165, 1.54) is 13.5 Å². The standard InChI is InChI=1S/C9H15NO2/c1-12-9(11)7-4-2-6-3-5-8(7)10-6/h6-8,10H,2-5H2,1H3/t6-,7?,8-/m0/s1. The lowest BCUT2D eigenvalue weighted by molar-refractivity contribution is -0.147. The zero-order chi connectivity index (χ0) is 8.55. The molecule has 0 radical (unpaired) electrons. The van der Waals surface area contributed by atoms with E-state index in [-0.39, 0.29) is 11.9 Å². The van der Waals surface area contributed by atoms with Crippen LogP contribution in [-0.4, -0.2) is 25.2 Å². The van der Waals surface area contributed by atoms with Crippen molar-refractivity contribution in [3.8, 4) is 0 Å². The van der Waals surface area contributed by atoms with Gasteiger partial charge in [0.1, 0.15) is 0 Å². The summed E-state index contributed by atoms with van der Waals surface area (Å²) >= 11 is 0. The SMILES string of the molecule is COC(=O)C1CC[C@H]2CC[C@@H]1N2. The third kappa shape index (κ3) is 1.22. The molecule has 0 amide bonds. The summed E-state index contributed by atoms with van der Waals surface area (Å²) in [5.41, 5.74) is 0. The Morgan fingerprint density at radius 1 is 1.33 bits per heavy atom. The number of hydrogen-bond acceptors (Lipinski definition) is 3. The normalized spacial score (nSPS) is 39.6. The first-order chi connectivity index (χ1) is 5.81. The van der Waals surface area contributed by atoms with Gasteiger partial charge in [0, 0.05) is 12.1 Å². The van der Waals surface area contributed by atoms with E-state index in [9.17, 15) is 4.79 Å².